The molecule has 0 aliphatic heterocycles. The lowest BCUT2D eigenvalue weighted by Crippen LogP contribution is -2.11. The van der Waals surface area contributed by atoms with Crippen molar-refractivity contribution >= 4 is 11.6 Å². The molecule has 3 aromatic rings. The Kier molecular flexibility index (Phi) is 5.39. The van der Waals surface area contributed by atoms with Gasteiger partial charge >= 0.3 is 0 Å². The molecule has 0 amide bonds. The first-order chi connectivity index (χ1) is 12.8. The third-order valence-corrected chi connectivity index (χ3v) is 3.71. The number of nitrogens with zero attached hydrogens (tertiary/aromatic N) is 4. The van der Waals surface area contributed by atoms with Gasteiger partial charge in [0, 0.05) is 13.1 Å². The van der Waals surface area contributed by atoms with Gasteiger partial charge in [0.15, 0.2) is 23.0 Å². The maximum absolute atomic E-state index is 9.21. The molecule has 0 saturated heterocycles. The van der Waals surface area contributed by atoms with Crippen molar-refractivity contribution in [1.29, 1.82) is 10.5 Å². The van der Waals surface area contributed by atoms with E-state index in [1.165, 1.54) is 0 Å². The lowest BCUT2D eigenvalue weighted by Gasteiger charge is -2.13. The number of aromatic nitrogens is 2. The standard InChI is InChI=1S/C20H16N6/c21-11-17-18(12-22)26-20(24-14-16-9-5-2-6-10-16)19(25-17)23-13-15-7-3-1-4-8-15/h1-10H,13-14H2,(H,23,25)(H,24,26). The molecule has 6 heteroatoms. The van der Waals surface area contributed by atoms with Crippen LogP contribution in [0.15, 0.2) is 60.7 Å². The zero-order valence-electron chi connectivity index (χ0n) is 14.0. The number of anilines is 2. The summed E-state index contributed by atoms with van der Waals surface area (Å²) in [6.45, 7) is 1.07. The molecular weight excluding hydrogens is 324 g/mol. The highest BCUT2D eigenvalue weighted by Gasteiger charge is 2.13. The van der Waals surface area contributed by atoms with Crippen LogP contribution in [0.5, 0.6) is 0 Å². The average Bonchev–Trinajstić information content (AvgIpc) is 2.72. The van der Waals surface area contributed by atoms with Crippen molar-refractivity contribution in [3.8, 4) is 12.1 Å². The molecular formula is C20H16N6. The fraction of sp³-hybridized carbons (Fsp3) is 0.100. The van der Waals surface area contributed by atoms with Crippen LogP contribution in [0.4, 0.5) is 11.6 Å². The molecule has 0 saturated carbocycles. The van der Waals surface area contributed by atoms with Crippen molar-refractivity contribution in [3.63, 3.8) is 0 Å². The molecule has 2 aromatic carbocycles. The van der Waals surface area contributed by atoms with Gasteiger partial charge in [-0.2, -0.15) is 10.5 Å². The normalized spacial score (nSPS) is 9.77. The summed E-state index contributed by atoms with van der Waals surface area (Å²) in [5.41, 5.74) is 2.17. The molecule has 0 radical (unpaired) electrons. The van der Waals surface area contributed by atoms with Crippen molar-refractivity contribution in [2.75, 3.05) is 10.6 Å². The smallest absolute Gasteiger partial charge is 0.179 e. The number of nitriles is 2. The van der Waals surface area contributed by atoms with Crippen LogP contribution in [0, 0.1) is 22.7 Å². The van der Waals surface area contributed by atoms with Crippen molar-refractivity contribution in [2.45, 2.75) is 13.1 Å². The van der Waals surface area contributed by atoms with E-state index in [-0.39, 0.29) is 11.4 Å². The van der Waals surface area contributed by atoms with Crippen LogP contribution >= 0.6 is 0 Å². The molecule has 2 N–H and O–H groups in total. The molecule has 1 aromatic heterocycles. The third kappa shape index (κ3) is 4.14. The topological polar surface area (TPSA) is 97.4 Å². The van der Waals surface area contributed by atoms with Crippen LogP contribution in [0.1, 0.15) is 22.5 Å². The zero-order valence-corrected chi connectivity index (χ0v) is 14.0. The van der Waals surface area contributed by atoms with Gasteiger partial charge in [-0.1, -0.05) is 60.7 Å². The Morgan fingerprint density at radius 2 is 1.04 bits per heavy atom. The van der Waals surface area contributed by atoms with Crippen LogP contribution in [-0.4, -0.2) is 9.97 Å². The van der Waals surface area contributed by atoms with Crippen LogP contribution in [0.3, 0.4) is 0 Å². The predicted octanol–water partition coefficient (Wildman–Crippen LogP) is 3.44. The molecule has 126 valence electrons. The second-order valence-corrected chi connectivity index (χ2v) is 5.52. The molecule has 0 atom stereocenters. The highest BCUT2D eigenvalue weighted by Crippen LogP contribution is 2.20. The number of hydrogen-bond donors (Lipinski definition) is 2. The van der Waals surface area contributed by atoms with Gasteiger partial charge in [0.2, 0.25) is 0 Å². The Bertz CT molecular complexity index is 875. The first-order valence-corrected chi connectivity index (χ1v) is 8.08. The molecule has 3 rings (SSSR count). The van der Waals surface area contributed by atoms with E-state index in [1.54, 1.807) is 0 Å². The quantitative estimate of drug-likeness (QED) is 0.713. The summed E-state index contributed by atoms with van der Waals surface area (Å²) in [6, 6.07) is 23.5. The van der Waals surface area contributed by atoms with Crippen molar-refractivity contribution in [2.24, 2.45) is 0 Å². The monoisotopic (exact) mass is 340 g/mol. The van der Waals surface area contributed by atoms with Crippen molar-refractivity contribution < 1.29 is 0 Å². The summed E-state index contributed by atoms with van der Waals surface area (Å²) in [5, 5.41) is 24.8. The Labute approximate surface area is 151 Å². The van der Waals surface area contributed by atoms with E-state index in [9.17, 15) is 10.5 Å². The number of nitrogens with one attached hydrogen (secondary N) is 2. The Balaban J connectivity index is 1.85. The van der Waals surface area contributed by atoms with Crippen molar-refractivity contribution in [3.05, 3.63) is 83.2 Å². The SMILES string of the molecule is N#Cc1nc(NCc2ccccc2)c(NCc2ccccc2)nc1C#N. The summed E-state index contributed by atoms with van der Waals surface area (Å²) in [6.07, 6.45) is 0. The first kappa shape index (κ1) is 16.9. The fourth-order valence-electron chi connectivity index (χ4n) is 2.40. The zero-order chi connectivity index (χ0) is 18.2. The van der Waals surface area contributed by atoms with Crippen LogP contribution in [-0.2, 0) is 13.1 Å². The molecule has 0 fully saturated rings. The van der Waals surface area contributed by atoms with Crippen molar-refractivity contribution in [1.82, 2.24) is 9.97 Å². The Morgan fingerprint density at radius 3 is 1.38 bits per heavy atom. The first-order valence-electron chi connectivity index (χ1n) is 8.08. The highest BCUT2D eigenvalue weighted by atomic mass is 15.1. The second kappa shape index (κ2) is 8.27. The minimum Gasteiger partial charge on any atom is -0.363 e. The van der Waals surface area contributed by atoms with Gasteiger partial charge in [-0.25, -0.2) is 9.97 Å². The molecule has 0 bridgehead atoms. The third-order valence-electron chi connectivity index (χ3n) is 3.71. The van der Waals surface area contributed by atoms with Gasteiger partial charge in [-0.05, 0) is 11.1 Å². The van der Waals surface area contributed by atoms with Gasteiger partial charge in [-0.3, -0.25) is 0 Å². The molecule has 6 nitrogen and oxygen atoms in total. The summed E-state index contributed by atoms with van der Waals surface area (Å²) in [7, 11) is 0. The Hall–Kier alpha value is -3.90. The van der Waals surface area contributed by atoms with Crippen LogP contribution < -0.4 is 10.6 Å². The van der Waals surface area contributed by atoms with E-state index in [0.717, 1.165) is 11.1 Å². The average molecular weight is 340 g/mol. The molecule has 0 aliphatic carbocycles. The molecule has 0 spiro atoms. The van der Waals surface area contributed by atoms with E-state index in [1.807, 2.05) is 72.8 Å². The van der Waals surface area contributed by atoms with Crippen LogP contribution in [0.2, 0.25) is 0 Å². The second-order valence-electron chi connectivity index (χ2n) is 5.52. The summed E-state index contributed by atoms with van der Waals surface area (Å²) < 4.78 is 0. The van der Waals surface area contributed by atoms with Gasteiger partial charge in [0.25, 0.3) is 0 Å². The lowest BCUT2D eigenvalue weighted by atomic mass is 10.2. The maximum Gasteiger partial charge on any atom is 0.179 e. The number of rotatable bonds is 6. The van der Waals surface area contributed by atoms with E-state index in [2.05, 4.69) is 20.6 Å². The summed E-state index contributed by atoms with van der Waals surface area (Å²) in [4.78, 5) is 8.54. The summed E-state index contributed by atoms with van der Waals surface area (Å²) >= 11 is 0. The van der Waals surface area contributed by atoms with E-state index in [0.29, 0.717) is 24.7 Å². The fourth-order valence-corrected chi connectivity index (χ4v) is 2.40. The number of hydrogen-bond acceptors (Lipinski definition) is 6. The van der Waals surface area contributed by atoms with Gasteiger partial charge in [0.05, 0.1) is 0 Å². The molecule has 26 heavy (non-hydrogen) atoms. The molecule has 1 heterocycles. The predicted molar refractivity (Wildman–Crippen MR) is 99.0 cm³/mol. The van der Waals surface area contributed by atoms with E-state index < -0.39 is 0 Å². The number of benzene rings is 2. The Morgan fingerprint density at radius 1 is 0.654 bits per heavy atom. The van der Waals surface area contributed by atoms with E-state index >= 15 is 0 Å². The van der Waals surface area contributed by atoms with Crippen LogP contribution in [0.25, 0.3) is 0 Å². The van der Waals surface area contributed by atoms with E-state index in [4.69, 9.17) is 0 Å². The largest absolute Gasteiger partial charge is 0.363 e. The van der Waals surface area contributed by atoms with Gasteiger partial charge in [0.1, 0.15) is 12.1 Å². The summed E-state index contributed by atoms with van der Waals surface area (Å²) in [5.74, 6) is 0.890. The molecule has 0 unspecified atom stereocenters. The van der Waals surface area contributed by atoms with Gasteiger partial charge in [-0.15, -0.1) is 0 Å². The minimum atomic E-state index is 0.00771. The van der Waals surface area contributed by atoms with Gasteiger partial charge < -0.3 is 10.6 Å². The highest BCUT2D eigenvalue weighted by molar-refractivity contribution is 5.62. The minimum absolute atomic E-state index is 0.00771. The maximum atomic E-state index is 9.21. The molecule has 0 aliphatic rings. The lowest BCUT2D eigenvalue weighted by molar-refractivity contribution is 1.03.